The first kappa shape index (κ1) is 7.35. The molecule has 2 unspecified atom stereocenters. The van der Waals surface area contributed by atoms with E-state index in [9.17, 15) is 0 Å². The molecular formula is C10H11Br. The van der Waals surface area contributed by atoms with Gasteiger partial charge in [-0.1, -0.05) is 47.1 Å². The smallest absolute Gasteiger partial charge is 0.0403 e. The Bertz CT molecular complexity index is 240. The van der Waals surface area contributed by atoms with Crippen LogP contribution >= 0.6 is 15.9 Å². The van der Waals surface area contributed by atoms with Gasteiger partial charge in [-0.05, 0) is 23.5 Å². The molecule has 0 aromatic heterocycles. The van der Waals surface area contributed by atoms with Crippen LogP contribution in [-0.2, 0) is 0 Å². The summed E-state index contributed by atoms with van der Waals surface area (Å²) in [6, 6.07) is 8.70. The molecule has 11 heavy (non-hydrogen) atoms. The first-order valence-electron chi connectivity index (χ1n) is 4.02. The monoisotopic (exact) mass is 210 g/mol. The van der Waals surface area contributed by atoms with Crippen LogP contribution in [-0.4, -0.2) is 0 Å². The minimum Gasteiger partial charge on any atom is -0.0838 e. The lowest BCUT2D eigenvalue weighted by molar-refractivity contribution is 0.743. The zero-order chi connectivity index (χ0) is 7.84. The lowest BCUT2D eigenvalue weighted by Crippen LogP contribution is -1.83. The van der Waals surface area contributed by atoms with Gasteiger partial charge in [-0.25, -0.2) is 0 Å². The third kappa shape index (κ3) is 1.12. The third-order valence-electron chi connectivity index (χ3n) is 2.42. The number of rotatable bonds is 0. The van der Waals surface area contributed by atoms with E-state index in [0.717, 1.165) is 5.92 Å². The molecule has 1 aliphatic rings. The van der Waals surface area contributed by atoms with Crippen molar-refractivity contribution in [2.24, 2.45) is 0 Å². The topological polar surface area (TPSA) is 0 Å². The van der Waals surface area contributed by atoms with Crippen molar-refractivity contribution < 1.29 is 0 Å². The Morgan fingerprint density at radius 2 is 1.91 bits per heavy atom. The van der Waals surface area contributed by atoms with Crippen LogP contribution in [0, 0.1) is 0 Å². The summed E-state index contributed by atoms with van der Waals surface area (Å²) in [6.45, 7) is 2.29. The van der Waals surface area contributed by atoms with Crippen LogP contribution in [0.25, 0.3) is 0 Å². The minimum atomic E-state index is 0.591. The summed E-state index contributed by atoms with van der Waals surface area (Å²) in [4.78, 5) is 0.591. The highest BCUT2D eigenvalue weighted by molar-refractivity contribution is 9.09. The number of benzene rings is 1. The molecule has 2 atom stereocenters. The van der Waals surface area contributed by atoms with E-state index in [1.165, 1.54) is 17.5 Å². The standard InChI is InChI=1S/C10H11Br/c1-7-6-10(11)9-5-3-2-4-8(7)9/h2-5,7,10H,6H2,1H3. The number of hydrogen-bond donors (Lipinski definition) is 0. The van der Waals surface area contributed by atoms with E-state index in [1.54, 1.807) is 0 Å². The fourth-order valence-electron chi connectivity index (χ4n) is 1.81. The Balaban J connectivity index is 2.52. The van der Waals surface area contributed by atoms with Crippen molar-refractivity contribution in [3.8, 4) is 0 Å². The largest absolute Gasteiger partial charge is 0.0838 e. The highest BCUT2D eigenvalue weighted by Gasteiger charge is 2.24. The maximum atomic E-state index is 3.68. The first-order valence-corrected chi connectivity index (χ1v) is 4.93. The average Bonchev–Trinajstić information content (AvgIpc) is 2.30. The van der Waals surface area contributed by atoms with Crippen LogP contribution in [0.3, 0.4) is 0 Å². The predicted molar refractivity (Wildman–Crippen MR) is 51.1 cm³/mol. The molecular weight excluding hydrogens is 200 g/mol. The molecule has 0 heterocycles. The molecule has 2 rings (SSSR count). The molecule has 1 heteroatoms. The molecule has 0 N–H and O–H groups in total. The Morgan fingerprint density at radius 3 is 2.55 bits per heavy atom. The molecule has 0 saturated heterocycles. The van der Waals surface area contributed by atoms with Crippen molar-refractivity contribution in [2.45, 2.75) is 24.1 Å². The minimum absolute atomic E-state index is 0.591. The van der Waals surface area contributed by atoms with Crippen molar-refractivity contribution in [1.29, 1.82) is 0 Å². The Hall–Kier alpha value is -0.300. The van der Waals surface area contributed by atoms with Crippen molar-refractivity contribution in [3.63, 3.8) is 0 Å². The molecule has 58 valence electrons. The number of alkyl halides is 1. The lowest BCUT2D eigenvalue weighted by atomic mass is 10.0. The number of fused-ring (bicyclic) bond motifs is 1. The zero-order valence-corrected chi connectivity index (χ0v) is 8.14. The highest BCUT2D eigenvalue weighted by atomic mass is 79.9. The van der Waals surface area contributed by atoms with E-state index in [2.05, 4.69) is 47.1 Å². The summed E-state index contributed by atoms with van der Waals surface area (Å²) in [5, 5.41) is 0. The summed E-state index contributed by atoms with van der Waals surface area (Å²) in [5.74, 6) is 0.732. The van der Waals surface area contributed by atoms with Gasteiger partial charge >= 0.3 is 0 Å². The molecule has 0 nitrogen and oxygen atoms in total. The van der Waals surface area contributed by atoms with E-state index in [4.69, 9.17) is 0 Å². The van der Waals surface area contributed by atoms with Gasteiger partial charge in [0.2, 0.25) is 0 Å². The molecule has 0 fully saturated rings. The van der Waals surface area contributed by atoms with Gasteiger partial charge < -0.3 is 0 Å². The van der Waals surface area contributed by atoms with E-state index in [-0.39, 0.29) is 0 Å². The molecule has 1 aromatic rings. The van der Waals surface area contributed by atoms with E-state index in [1.807, 2.05) is 0 Å². The van der Waals surface area contributed by atoms with E-state index >= 15 is 0 Å². The predicted octanol–water partition coefficient (Wildman–Crippen LogP) is 3.63. The van der Waals surface area contributed by atoms with Crippen LogP contribution in [0.4, 0.5) is 0 Å². The molecule has 0 saturated carbocycles. The van der Waals surface area contributed by atoms with E-state index in [0.29, 0.717) is 4.83 Å². The number of halogens is 1. The maximum Gasteiger partial charge on any atom is 0.0403 e. The van der Waals surface area contributed by atoms with Crippen LogP contribution in [0.5, 0.6) is 0 Å². The normalized spacial score (nSPS) is 28.5. The van der Waals surface area contributed by atoms with Gasteiger partial charge in [-0.2, -0.15) is 0 Å². The third-order valence-corrected chi connectivity index (χ3v) is 3.29. The van der Waals surface area contributed by atoms with Gasteiger partial charge in [0.1, 0.15) is 0 Å². The highest BCUT2D eigenvalue weighted by Crippen LogP contribution is 2.44. The summed E-state index contributed by atoms with van der Waals surface area (Å²) >= 11 is 3.68. The Kier molecular flexibility index (Phi) is 1.76. The second-order valence-electron chi connectivity index (χ2n) is 3.23. The summed E-state index contributed by atoms with van der Waals surface area (Å²) in [5.41, 5.74) is 3.01. The first-order chi connectivity index (χ1) is 5.29. The number of hydrogen-bond acceptors (Lipinski definition) is 0. The van der Waals surface area contributed by atoms with Gasteiger partial charge in [-0.15, -0.1) is 0 Å². The molecule has 0 bridgehead atoms. The second kappa shape index (κ2) is 2.63. The maximum absolute atomic E-state index is 3.68. The zero-order valence-electron chi connectivity index (χ0n) is 6.55. The fraction of sp³-hybridized carbons (Fsp3) is 0.400. The molecule has 0 spiro atoms. The fourth-order valence-corrected chi connectivity index (χ4v) is 2.79. The van der Waals surface area contributed by atoms with Crippen LogP contribution in [0.1, 0.15) is 35.2 Å². The second-order valence-corrected chi connectivity index (χ2v) is 4.34. The van der Waals surface area contributed by atoms with E-state index < -0.39 is 0 Å². The van der Waals surface area contributed by atoms with Gasteiger partial charge in [-0.3, -0.25) is 0 Å². The van der Waals surface area contributed by atoms with Gasteiger partial charge in [0, 0.05) is 4.83 Å². The summed E-state index contributed by atoms with van der Waals surface area (Å²) in [7, 11) is 0. The van der Waals surface area contributed by atoms with Crippen molar-refractivity contribution in [3.05, 3.63) is 35.4 Å². The lowest BCUT2D eigenvalue weighted by Gasteiger charge is -2.01. The molecule has 0 amide bonds. The van der Waals surface area contributed by atoms with Crippen LogP contribution < -0.4 is 0 Å². The quantitative estimate of drug-likeness (QED) is 0.575. The van der Waals surface area contributed by atoms with Gasteiger partial charge in [0.15, 0.2) is 0 Å². The summed E-state index contributed by atoms with van der Waals surface area (Å²) in [6.07, 6.45) is 1.25. The SMILES string of the molecule is CC1CC(Br)c2ccccc21. The molecule has 0 aliphatic heterocycles. The molecule has 1 aliphatic carbocycles. The Morgan fingerprint density at radius 1 is 1.27 bits per heavy atom. The molecule has 1 aromatic carbocycles. The van der Waals surface area contributed by atoms with Crippen molar-refractivity contribution >= 4 is 15.9 Å². The van der Waals surface area contributed by atoms with Gasteiger partial charge in [0.05, 0.1) is 0 Å². The summed E-state index contributed by atoms with van der Waals surface area (Å²) < 4.78 is 0. The van der Waals surface area contributed by atoms with Gasteiger partial charge in [0.25, 0.3) is 0 Å². The Labute approximate surface area is 75.8 Å². The average molecular weight is 211 g/mol. The van der Waals surface area contributed by atoms with Crippen molar-refractivity contribution in [2.75, 3.05) is 0 Å². The molecule has 0 radical (unpaired) electrons. The van der Waals surface area contributed by atoms with Crippen LogP contribution in [0.2, 0.25) is 0 Å². The van der Waals surface area contributed by atoms with Crippen molar-refractivity contribution in [1.82, 2.24) is 0 Å². The van der Waals surface area contributed by atoms with Crippen LogP contribution in [0.15, 0.2) is 24.3 Å².